The second kappa shape index (κ2) is 6.26. The lowest BCUT2D eigenvalue weighted by molar-refractivity contribution is -0.166. The molecule has 0 bridgehead atoms. The molecule has 1 fully saturated rings. The second-order valence-electron chi connectivity index (χ2n) is 4.32. The normalized spacial score (nSPS) is 26.6. The number of carbonyl (C=O) groups is 2. The first-order chi connectivity index (χ1) is 7.93. The molecule has 0 saturated carbocycles. The number of carboxylic acids is 1. The topological polar surface area (TPSA) is 66.8 Å². The van der Waals surface area contributed by atoms with Crippen LogP contribution in [-0.2, 0) is 14.3 Å². The lowest BCUT2D eigenvalue weighted by Crippen LogP contribution is -2.52. The van der Waals surface area contributed by atoms with Crippen LogP contribution in [0.2, 0.25) is 0 Å². The number of thioether (sulfide) groups is 1. The first kappa shape index (κ1) is 14.3. The zero-order valence-electron chi connectivity index (χ0n) is 10.4. The van der Waals surface area contributed by atoms with Crippen LogP contribution in [0.25, 0.3) is 0 Å². The van der Waals surface area contributed by atoms with Gasteiger partial charge in [-0.1, -0.05) is 6.92 Å². The quantitative estimate of drug-likeness (QED) is 0.812. The smallest absolute Gasteiger partial charge is 0.334 e. The van der Waals surface area contributed by atoms with Gasteiger partial charge in [-0.25, -0.2) is 4.79 Å². The predicted molar refractivity (Wildman–Crippen MR) is 66.1 cm³/mol. The summed E-state index contributed by atoms with van der Waals surface area (Å²) in [7, 11) is 0. The fourth-order valence-corrected chi connectivity index (χ4v) is 2.06. The fraction of sp³-hybridized carbons (Fsp3) is 0.818. The Hall–Kier alpha value is -0.750. The van der Waals surface area contributed by atoms with E-state index in [1.807, 2.05) is 13.2 Å². The van der Waals surface area contributed by atoms with Crippen LogP contribution in [0.4, 0.5) is 0 Å². The molecule has 1 heterocycles. The monoisotopic (exact) mass is 261 g/mol. The Labute approximate surface area is 105 Å². The number of ether oxygens (including phenoxy) is 1. The van der Waals surface area contributed by atoms with Crippen molar-refractivity contribution in [1.29, 1.82) is 0 Å². The summed E-state index contributed by atoms with van der Waals surface area (Å²) in [6, 6.07) is 0. The van der Waals surface area contributed by atoms with Crippen LogP contribution in [-0.4, -0.2) is 58.7 Å². The van der Waals surface area contributed by atoms with Crippen molar-refractivity contribution in [2.24, 2.45) is 0 Å². The maximum atomic E-state index is 11.9. The molecule has 1 N–H and O–H groups in total. The molecule has 0 aromatic heterocycles. The summed E-state index contributed by atoms with van der Waals surface area (Å²) in [5, 5.41) is 9.17. The summed E-state index contributed by atoms with van der Waals surface area (Å²) in [5.74, 6) is -1.000. The number of amides is 1. The van der Waals surface area contributed by atoms with Crippen molar-refractivity contribution >= 4 is 23.6 Å². The summed E-state index contributed by atoms with van der Waals surface area (Å²) in [6.45, 7) is 4.40. The molecule has 1 rings (SSSR count). The van der Waals surface area contributed by atoms with Crippen LogP contribution in [0.1, 0.15) is 20.3 Å². The number of carbonyl (C=O) groups excluding carboxylic acids is 1. The van der Waals surface area contributed by atoms with Crippen molar-refractivity contribution in [3.8, 4) is 0 Å². The molecule has 3 atom stereocenters. The van der Waals surface area contributed by atoms with E-state index >= 15 is 0 Å². The Balaban J connectivity index is 2.57. The molecule has 0 aliphatic carbocycles. The Morgan fingerprint density at radius 3 is 2.71 bits per heavy atom. The van der Waals surface area contributed by atoms with Gasteiger partial charge in [0.25, 0.3) is 0 Å². The first-order valence-corrected chi connectivity index (χ1v) is 6.91. The van der Waals surface area contributed by atoms with Gasteiger partial charge in [0.2, 0.25) is 5.91 Å². The summed E-state index contributed by atoms with van der Waals surface area (Å²) >= 11 is 1.63. The summed E-state index contributed by atoms with van der Waals surface area (Å²) in [5.41, 5.74) is 0. The van der Waals surface area contributed by atoms with Crippen molar-refractivity contribution in [2.75, 3.05) is 19.3 Å². The van der Waals surface area contributed by atoms with Crippen LogP contribution < -0.4 is 0 Å². The minimum Gasteiger partial charge on any atom is -0.479 e. The number of aliphatic carboxylic acids is 1. The van der Waals surface area contributed by atoms with Crippen molar-refractivity contribution in [1.82, 2.24) is 4.90 Å². The van der Waals surface area contributed by atoms with Crippen LogP contribution >= 0.6 is 11.8 Å². The molecule has 2 unspecified atom stereocenters. The maximum Gasteiger partial charge on any atom is 0.334 e. The molecule has 6 heteroatoms. The molecular weight excluding hydrogens is 242 g/mol. The van der Waals surface area contributed by atoms with Gasteiger partial charge in [-0.05, 0) is 13.2 Å². The fourth-order valence-electron chi connectivity index (χ4n) is 1.75. The second-order valence-corrected chi connectivity index (χ2v) is 5.60. The molecule has 0 spiro atoms. The van der Waals surface area contributed by atoms with Gasteiger partial charge in [-0.2, -0.15) is 11.8 Å². The van der Waals surface area contributed by atoms with Gasteiger partial charge in [0, 0.05) is 18.2 Å². The molecule has 1 aliphatic rings. The predicted octanol–water partition coefficient (Wildman–Crippen LogP) is 0.829. The number of nitrogens with zero attached hydrogens (tertiary/aromatic N) is 1. The lowest BCUT2D eigenvalue weighted by Gasteiger charge is -2.35. The summed E-state index contributed by atoms with van der Waals surface area (Å²) in [6.07, 6.45) is 1.28. The Morgan fingerprint density at radius 1 is 1.53 bits per heavy atom. The summed E-state index contributed by atoms with van der Waals surface area (Å²) < 4.78 is 5.26. The molecular formula is C11H19NO4S. The Bertz CT molecular complexity index is 297. The standard InChI is InChI=1S/C11H19NO4S/c1-7-5-12(6-9(16-7)11(14)15)10(13)4-8(2)17-3/h7-9H,4-6H2,1-3H3,(H,14,15)/t7-,8?,9?/m1/s1. The molecule has 17 heavy (non-hydrogen) atoms. The minimum atomic E-state index is -1.01. The van der Waals surface area contributed by atoms with E-state index in [1.165, 1.54) is 0 Å². The average molecular weight is 261 g/mol. The number of carboxylic acid groups (broad SMARTS) is 1. The van der Waals surface area contributed by atoms with Crippen molar-refractivity contribution < 1.29 is 19.4 Å². The van der Waals surface area contributed by atoms with Crippen LogP contribution in [0.15, 0.2) is 0 Å². The molecule has 0 aromatic rings. The largest absolute Gasteiger partial charge is 0.479 e. The van der Waals surface area contributed by atoms with Gasteiger partial charge < -0.3 is 14.7 Å². The van der Waals surface area contributed by atoms with Crippen molar-refractivity contribution in [3.05, 3.63) is 0 Å². The van der Waals surface area contributed by atoms with Crippen molar-refractivity contribution in [2.45, 2.75) is 37.7 Å². The van der Waals surface area contributed by atoms with Gasteiger partial charge >= 0.3 is 5.97 Å². The molecule has 98 valence electrons. The van der Waals surface area contributed by atoms with E-state index in [4.69, 9.17) is 9.84 Å². The third kappa shape index (κ3) is 4.20. The van der Waals surface area contributed by atoms with E-state index in [9.17, 15) is 9.59 Å². The third-order valence-corrected chi connectivity index (χ3v) is 3.72. The zero-order valence-corrected chi connectivity index (χ0v) is 11.2. The highest BCUT2D eigenvalue weighted by Crippen LogP contribution is 2.16. The van der Waals surface area contributed by atoms with Gasteiger partial charge in [-0.15, -0.1) is 0 Å². The highest BCUT2D eigenvalue weighted by Gasteiger charge is 2.32. The average Bonchev–Trinajstić information content (AvgIpc) is 2.27. The summed E-state index contributed by atoms with van der Waals surface area (Å²) in [4.78, 5) is 24.4. The van der Waals surface area contributed by atoms with E-state index in [2.05, 4.69) is 0 Å². The van der Waals surface area contributed by atoms with Crippen LogP contribution in [0, 0.1) is 0 Å². The van der Waals surface area contributed by atoms with Crippen molar-refractivity contribution in [3.63, 3.8) is 0 Å². The molecule has 1 amide bonds. The zero-order chi connectivity index (χ0) is 13.0. The van der Waals surface area contributed by atoms with Gasteiger partial charge in [0.05, 0.1) is 12.6 Å². The van der Waals surface area contributed by atoms with Crippen LogP contribution in [0.3, 0.4) is 0 Å². The first-order valence-electron chi connectivity index (χ1n) is 5.62. The van der Waals surface area contributed by atoms with E-state index in [0.717, 1.165) is 0 Å². The van der Waals surface area contributed by atoms with E-state index in [1.54, 1.807) is 23.6 Å². The van der Waals surface area contributed by atoms with Crippen LogP contribution in [0.5, 0.6) is 0 Å². The number of hydrogen-bond donors (Lipinski definition) is 1. The van der Waals surface area contributed by atoms with Gasteiger partial charge in [-0.3, -0.25) is 4.79 Å². The molecule has 5 nitrogen and oxygen atoms in total. The minimum absolute atomic E-state index is 0.00764. The molecule has 0 aromatic carbocycles. The van der Waals surface area contributed by atoms with E-state index in [-0.39, 0.29) is 23.8 Å². The van der Waals surface area contributed by atoms with E-state index < -0.39 is 12.1 Å². The highest BCUT2D eigenvalue weighted by atomic mass is 32.2. The highest BCUT2D eigenvalue weighted by molar-refractivity contribution is 7.99. The van der Waals surface area contributed by atoms with E-state index in [0.29, 0.717) is 13.0 Å². The van der Waals surface area contributed by atoms with Gasteiger partial charge in [0.1, 0.15) is 0 Å². The maximum absolute atomic E-state index is 11.9. The number of hydrogen-bond acceptors (Lipinski definition) is 4. The SMILES string of the molecule is CSC(C)CC(=O)N1CC(C(=O)O)O[C@H](C)C1. The molecule has 1 saturated heterocycles. The number of morpholine rings is 1. The molecule has 1 aliphatic heterocycles. The van der Waals surface area contributed by atoms with Gasteiger partial charge in [0.15, 0.2) is 6.10 Å². The number of rotatable bonds is 4. The Morgan fingerprint density at radius 2 is 2.18 bits per heavy atom. The molecule has 0 radical (unpaired) electrons. The third-order valence-electron chi connectivity index (χ3n) is 2.75. The Kier molecular flexibility index (Phi) is 5.27. The lowest BCUT2D eigenvalue weighted by atomic mass is 10.2.